The van der Waals surface area contributed by atoms with Crippen LogP contribution in [0.15, 0.2) is 46.5 Å². The molecule has 148 valence electrons. The highest BCUT2D eigenvalue weighted by Crippen LogP contribution is 2.10. The molecule has 0 saturated carbocycles. The van der Waals surface area contributed by atoms with E-state index in [1.54, 1.807) is 12.1 Å². The van der Waals surface area contributed by atoms with Gasteiger partial charge in [-0.1, -0.05) is 12.1 Å². The molecule has 0 saturated heterocycles. The summed E-state index contributed by atoms with van der Waals surface area (Å²) in [7, 11) is -3.14. The maximum atomic E-state index is 11.5. The topological polar surface area (TPSA) is 88.4 Å². The van der Waals surface area contributed by atoms with Crippen LogP contribution in [0.5, 0.6) is 0 Å². The summed E-state index contributed by atoms with van der Waals surface area (Å²) in [6.45, 7) is 7.16. The Hall–Kier alpha value is -2.35. The number of nitrogens with zero attached hydrogens (tertiary/aromatic N) is 3. The fourth-order valence-corrected chi connectivity index (χ4v) is 3.21. The van der Waals surface area contributed by atoms with Crippen LogP contribution in [-0.4, -0.2) is 50.0 Å². The van der Waals surface area contributed by atoms with Gasteiger partial charge in [-0.25, -0.2) is 8.42 Å². The van der Waals surface area contributed by atoms with Crippen molar-refractivity contribution in [3.63, 3.8) is 0 Å². The number of aromatic nitrogens is 2. The summed E-state index contributed by atoms with van der Waals surface area (Å²) in [6, 6.07) is 7.02. The number of hydrogen-bond acceptors (Lipinski definition) is 4. The Morgan fingerprint density at radius 2 is 1.96 bits per heavy atom. The zero-order chi connectivity index (χ0) is 19.7. The lowest BCUT2D eigenvalue weighted by molar-refractivity contribution is 0.583. The summed E-state index contributed by atoms with van der Waals surface area (Å²) in [6.07, 6.45) is 6.82. The zero-order valence-electron chi connectivity index (χ0n) is 16.3. The highest BCUT2D eigenvalue weighted by molar-refractivity contribution is 7.90. The highest BCUT2D eigenvalue weighted by atomic mass is 32.2. The number of aryl methyl sites for hydroxylation is 2. The van der Waals surface area contributed by atoms with E-state index in [1.165, 1.54) is 6.26 Å². The van der Waals surface area contributed by atoms with Crippen molar-refractivity contribution in [2.24, 2.45) is 4.99 Å². The number of aliphatic imine (C=N–C) groups is 1. The third-order valence-corrected chi connectivity index (χ3v) is 5.11. The van der Waals surface area contributed by atoms with Crippen LogP contribution in [0.2, 0.25) is 0 Å². The lowest BCUT2D eigenvalue weighted by atomic mass is 10.1. The van der Waals surface area contributed by atoms with Crippen molar-refractivity contribution in [2.45, 2.75) is 38.1 Å². The second-order valence-corrected chi connectivity index (χ2v) is 8.50. The number of benzene rings is 1. The van der Waals surface area contributed by atoms with Gasteiger partial charge in [0, 0.05) is 38.6 Å². The monoisotopic (exact) mass is 391 g/mol. The van der Waals surface area contributed by atoms with Gasteiger partial charge >= 0.3 is 0 Å². The Morgan fingerprint density at radius 3 is 2.56 bits per heavy atom. The molecule has 0 fully saturated rings. The molecule has 1 heterocycles. The molecule has 7 nitrogen and oxygen atoms in total. The van der Waals surface area contributed by atoms with Crippen LogP contribution < -0.4 is 10.6 Å². The van der Waals surface area contributed by atoms with Crippen LogP contribution >= 0.6 is 0 Å². The van der Waals surface area contributed by atoms with Crippen LogP contribution in [-0.2, 0) is 22.8 Å². The molecule has 0 bridgehead atoms. The third-order valence-electron chi connectivity index (χ3n) is 3.98. The molecule has 2 N–H and O–H groups in total. The Labute approximate surface area is 161 Å². The Kier molecular flexibility index (Phi) is 7.84. The molecule has 0 aliphatic rings. The van der Waals surface area contributed by atoms with Gasteiger partial charge < -0.3 is 10.6 Å². The van der Waals surface area contributed by atoms with Gasteiger partial charge in [0.05, 0.1) is 11.1 Å². The van der Waals surface area contributed by atoms with Crippen molar-refractivity contribution in [1.82, 2.24) is 20.4 Å². The highest BCUT2D eigenvalue weighted by Gasteiger charge is 2.06. The predicted octanol–water partition coefficient (Wildman–Crippen LogP) is 1.78. The van der Waals surface area contributed by atoms with Gasteiger partial charge in [-0.2, -0.15) is 5.10 Å². The molecule has 0 amide bonds. The van der Waals surface area contributed by atoms with Crippen LogP contribution in [0.3, 0.4) is 0 Å². The van der Waals surface area contributed by atoms with Gasteiger partial charge in [-0.3, -0.25) is 9.67 Å². The molecule has 0 unspecified atom stereocenters. The Morgan fingerprint density at radius 1 is 1.22 bits per heavy atom. The maximum absolute atomic E-state index is 11.5. The first-order valence-electron chi connectivity index (χ1n) is 9.18. The molecule has 0 spiro atoms. The molecule has 2 aromatic rings. The number of guanidine groups is 1. The maximum Gasteiger partial charge on any atom is 0.191 e. The lowest BCUT2D eigenvalue weighted by Crippen LogP contribution is -2.38. The number of rotatable bonds is 9. The van der Waals surface area contributed by atoms with E-state index in [0.717, 1.165) is 56.1 Å². The van der Waals surface area contributed by atoms with E-state index in [0.29, 0.717) is 4.90 Å². The van der Waals surface area contributed by atoms with Crippen molar-refractivity contribution >= 4 is 15.8 Å². The summed E-state index contributed by atoms with van der Waals surface area (Å²) in [5.74, 6) is 0.793. The first-order valence-corrected chi connectivity index (χ1v) is 11.1. The minimum atomic E-state index is -3.14. The second-order valence-electron chi connectivity index (χ2n) is 6.49. The third kappa shape index (κ3) is 7.42. The Balaban J connectivity index is 1.77. The minimum Gasteiger partial charge on any atom is -0.357 e. The van der Waals surface area contributed by atoms with Gasteiger partial charge in [0.2, 0.25) is 0 Å². The standard InChI is InChI=1S/C19H29N5O2S/c1-4-20-19(21-11-5-13-24-15-16(2)14-23-24)22-12-10-17-6-8-18(9-7-17)27(3,25)26/h6-9,14-15H,4-5,10-13H2,1-3H3,(H2,20,21,22). The van der Waals surface area contributed by atoms with Gasteiger partial charge in [0.1, 0.15) is 0 Å². The largest absolute Gasteiger partial charge is 0.357 e. The van der Waals surface area contributed by atoms with Crippen LogP contribution in [0.4, 0.5) is 0 Å². The number of nitrogens with one attached hydrogen (secondary N) is 2. The van der Waals surface area contributed by atoms with Crippen molar-refractivity contribution in [3.8, 4) is 0 Å². The van der Waals surface area contributed by atoms with E-state index in [4.69, 9.17) is 0 Å². The average molecular weight is 392 g/mol. The fraction of sp³-hybridized carbons (Fsp3) is 0.474. The molecular weight excluding hydrogens is 362 g/mol. The molecule has 0 aliphatic carbocycles. The van der Waals surface area contributed by atoms with E-state index in [-0.39, 0.29) is 0 Å². The van der Waals surface area contributed by atoms with Crippen molar-refractivity contribution in [3.05, 3.63) is 47.8 Å². The van der Waals surface area contributed by atoms with Gasteiger partial charge in [0.15, 0.2) is 15.8 Å². The van der Waals surface area contributed by atoms with Crippen LogP contribution in [0.1, 0.15) is 24.5 Å². The van der Waals surface area contributed by atoms with E-state index in [9.17, 15) is 8.42 Å². The van der Waals surface area contributed by atoms with E-state index in [1.807, 2.05) is 43.1 Å². The van der Waals surface area contributed by atoms with E-state index in [2.05, 4.69) is 20.7 Å². The number of sulfone groups is 1. The molecule has 8 heteroatoms. The van der Waals surface area contributed by atoms with E-state index < -0.39 is 9.84 Å². The van der Waals surface area contributed by atoms with Gasteiger partial charge in [-0.05, 0) is 49.9 Å². The summed E-state index contributed by atoms with van der Waals surface area (Å²) in [4.78, 5) is 4.94. The Bertz CT molecular complexity index is 841. The van der Waals surface area contributed by atoms with Crippen LogP contribution in [0, 0.1) is 6.92 Å². The molecule has 1 aromatic carbocycles. The lowest BCUT2D eigenvalue weighted by Gasteiger charge is -2.11. The molecule has 2 rings (SSSR count). The zero-order valence-corrected chi connectivity index (χ0v) is 17.1. The first-order chi connectivity index (χ1) is 12.9. The smallest absolute Gasteiger partial charge is 0.191 e. The van der Waals surface area contributed by atoms with Crippen molar-refractivity contribution in [1.29, 1.82) is 0 Å². The molecule has 1 aromatic heterocycles. The normalized spacial score (nSPS) is 12.2. The molecule has 0 aliphatic heterocycles. The van der Waals surface area contributed by atoms with Crippen molar-refractivity contribution < 1.29 is 8.42 Å². The number of hydrogen-bond donors (Lipinski definition) is 2. The minimum absolute atomic E-state index is 0.349. The van der Waals surface area contributed by atoms with E-state index >= 15 is 0 Å². The van der Waals surface area contributed by atoms with Crippen LogP contribution in [0.25, 0.3) is 0 Å². The van der Waals surface area contributed by atoms with Gasteiger partial charge in [0.25, 0.3) is 0 Å². The second kappa shape index (κ2) is 10.1. The fourth-order valence-electron chi connectivity index (χ4n) is 2.58. The van der Waals surface area contributed by atoms with Crippen molar-refractivity contribution in [2.75, 3.05) is 25.9 Å². The summed E-state index contributed by atoms with van der Waals surface area (Å²) < 4.78 is 24.9. The summed E-state index contributed by atoms with van der Waals surface area (Å²) in [5, 5.41) is 10.8. The molecular formula is C19H29N5O2S. The first kappa shape index (κ1) is 21.0. The molecule has 27 heavy (non-hydrogen) atoms. The average Bonchev–Trinajstić information content (AvgIpc) is 3.03. The quantitative estimate of drug-likeness (QED) is 0.386. The predicted molar refractivity (Wildman–Crippen MR) is 109 cm³/mol. The molecule has 0 atom stereocenters. The summed E-state index contributed by atoms with van der Waals surface area (Å²) in [5.41, 5.74) is 2.25. The summed E-state index contributed by atoms with van der Waals surface area (Å²) >= 11 is 0. The SMILES string of the molecule is CCNC(=NCCCn1cc(C)cn1)NCCc1ccc(S(C)(=O)=O)cc1. The molecule has 0 radical (unpaired) electrons. The van der Waals surface area contributed by atoms with Gasteiger partial charge in [-0.15, -0.1) is 0 Å².